The Bertz CT molecular complexity index is 268. The minimum absolute atomic E-state index is 0.165. The fraction of sp³-hybridized carbons (Fsp3) is 0.500. The number of rotatable bonds is 5. The fourth-order valence-corrected chi connectivity index (χ4v) is 0.718. The number of ether oxygens (including phenoxy) is 1. The van der Waals surface area contributed by atoms with Crippen LogP contribution in [-0.4, -0.2) is 23.6 Å². The molecule has 0 spiro atoms. The van der Waals surface area contributed by atoms with Crippen molar-refractivity contribution in [3.8, 4) is 0 Å². The SMILES string of the molecule is CCOC=C(C(C)=O)C(=O)C(F)(F)Cl. The molecule has 6 heteroatoms. The van der Waals surface area contributed by atoms with Gasteiger partial charge in [0.05, 0.1) is 12.9 Å². The van der Waals surface area contributed by atoms with Crippen LogP contribution < -0.4 is 0 Å². The molecule has 80 valence electrons. The highest BCUT2D eigenvalue weighted by molar-refractivity contribution is 6.39. The van der Waals surface area contributed by atoms with E-state index in [1.54, 1.807) is 6.92 Å². The highest BCUT2D eigenvalue weighted by Crippen LogP contribution is 2.24. The van der Waals surface area contributed by atoms with Crippen molar-refractivity contribution in [1.29, 1.82) is 0 Å². The van der Waals surface area contributed by atoms with E-state index in [-0.39, 0.29) is 6.61 Å². The number of allylic oxidation sites excluding steroid dienone is 1. The molecule has 0 aromatic rings. The zero-order valence-corrected chi connectivity index (χ0v) is 8.40. The van der Waals surface area contributed by atoms with E-state index in [1.165, 1.54) is 0 Å². The second kappa shape index (κ2) is 5.05. The number of hydrogen-bond acceptors (Lipinski definition) is 3. The number of carbonyl (C=O) groups excluding carboxylic acids is 2. The molecule has 0 atom stereocenters. The number of ketones is 2. The molecule has 0 rings (SSSR count). The molecule has 0 amide bonds. The summed E-state index contributed by atoms with van der Waals surface area (Å²) in [6, 6.07) is 0. The predicted molar refractivity (Wildman–Crippen MR) is 46.2 cm³/mol. The fourth-order valence-electron chi connectivity index (χ4n) is 0.616. The molecule has 0 unspecified atom stereocenters. The normalized spacial score (nSPS) is 12.5. The second-order valence-corrected chi connectivity index (χ2v) is 2.84. The lowest BCUT2D eigenvalue weighted by molar-refractivity contribution is -0.131. The summed E-state index contributed by atoms with van der Waals surface area (Å²) in [5, 5.41) is -4.07. The Morgan fingerprint density at radius 1 is 1.50 bits per heavy atom. The summed E-state index contributed by atoms with van der Waals surface area (Å²) in [6.45, 7) is 2.72. The molecule has 0 fully saturated rings. The van der Waals surface area contributed by atoms with E-state index in [0.29, 0.717) is 6.26 Å². The van der Waals surface area contributed by atoms with Crippen molar-refractivity contribution in [3.05, 3.63) is 11.8 Å². The second-order valence-electron chi connectivity index (χ2n) is 2.37. The van der Waals surface area contributed by atoms with Gasteiger partial charge in [-0.2, -0.15) is 8.78 Å². The molecule has 0 saturated carbocycles. The zero-order chi connectivity index (χ0) is 11.4. The van der Waals surface area contributed by atoms with Gasteiger partial charge in [-0.1, -0.05) is 0 Å². The van der Waals surface area contributed by atoms with Crippen LogP contribution in [0.25, 0.3) is 0 Å². The summed E-state index contributed by atoms with van der Waals surface area (Å²) in [6.07, 6.45) is 0.695. The van der Waals surface area contributed by atoms with E-state index in [9.17, 15) is 18.4 Å². The van der Waals surface area contributed by atoms with Crippen LogP contribution in [0.4, 0.5) is 8.78 Å². The summed E-state index contributed by atoms with van der Waals surface area (Å²) in [4.78, 5) is 21.6. The van der Waals surface area contributed by atoms with Gasteiger partial charge in [0, 0.05) is 0 Å². The van der Waals surface area contributed by atoms with Crippen molar-refractivity contribution >= 4 is 23.2 Å². The topological polar surface area (TPSA) is 43.4 Å². The lowest BCUT2D eigenvalue weighted by Gasteiger charge is -2.07. The number of hydrogen-bond donors (Lipinski definition) is 0. The molecule has 0 bridgehead atoms. The van der Waals surface area contributed by atoms with E-state index in [1.807, 2.05) is 0 Å². The molecule has 0 saturated heterocycles. The molecule has 0 N–H and O–H groups in total. The van der Waals surface area contributed by atoms with Crippen molar-refractivity contribution < 1.29 is 23.1 Å². The summed E-state index contributed by atoms with van der Waals surface area (Å²) in [5.74, 6) is -2.57. The first-order valence-corrected chi connectivity index (χ1v) is 4.12. The third-order valence-corrected chi connectivity index (χ3v) is 1.42. The van der Waals surface area contributed by atoms with Gasteiger partial charge in [0.1, 0.15) is 5.57 Å². The Kier molecular flexibility index (Phi) is 4.70. The Morgan fingerprint density at radius 2 is 2.00 bits per heavy atom. The summed E-state index contributed by atoms with van der Waals surface area (Å²) < 4.78 is 29.2. The van der Waals surface area contributed by atoms with E-state index in [4.69, 9.17) is 0 Å². The Morgan fingerprint density at radius 3 is 2.29 bits per heavy atom. The molecule has 0 aliphatic rings. The third-order valence-electron chi connectivity index (χ3n) is 1.25. The van der Waals surface area contributed by atoms with Crippen LogP contribution in [-0.2, 0) is 14.3 Å². The van der Waals surface area contributed by atoms with Crippen LogP contribution in [0, 0.1) is 0 Å². The van der Waals surface area contributed by atoms with E-state index in [2.05, 4.69) is 16.3 Å². The monoisotopic (exact) mass is 226 g/mol. The van der Waals surface area contributed by atoms with E-state index in [0.717, 1.165) is 6.92 Å². The maximum atomic E-state index is 12.3. The molecule has 0 aromatic heterocycles. The summed E-state index contributed by atoms with van der Waals surface area (Å²) in [5.41, 5.74) is -0.744. The van der Waals surface area contributed by atoms with Crippen LogP contribution in [0.2, 0.25) is 0 Å². The molecule has 0 radical (unpaired) electrons. The lowest BCUT2D eigenvalue weighted by Crippen LogP contribution is -2.26. The van der Waals surface area contributed by atoms with Gasteiger partial charge in [-0.25, -0.2) is 0 Å². The molecule has 3 nitrogen and oxygen atoms in total. The smallest absolute Gasteiger partial charge is 0.385 e. The minimum Gasteiger partial charge on any atom is -0.501 e. The highest BCUT2D eigenvalue weighted by atomic mass is 35.5. The molecule has 0 aliphatic heterocycles. The maximum Gasteiger partial charge on any atom is 0.385 e. The first kappa shape index (κ1) is 13.0. The van der Waals surface area contributed by atoms with Crippen molar-refractivity contribution in [2.75, 3.05) is 6.61 Å². The number of Topliss-reactive ketones (excluding diaryl/α,β-unsaturated/α-hetero) is 2. The standard InChI is InChI=1S/C8H9ClF2O3/c1-3-14-4-6(5(2)12)7(13)8(9,10)11/h4H,3H2,1-2H3. The number of carbonyl (C=O) groups is 2. The van der Waals surface area contributed by atoms with Crippen molar-refractivity contribution in [3.63, 3.8) is 0 Å². The van der Waals surface area contributed by atoms with Crippen molar-refractivity contribution in [1.82, 2.24) is 0 Å². The lowest BCUT2D eigenvalue weighted by atomic mass is 10.1. The van der Waals surface area contributed by atoms with Gasteiger partial charge in [0.2, 0.25) is 0 Å². The molecule has 0 aliphatic carbocycles. The predicted octanol–water partition coefficient (Wildman–Crippen LogP) is 1.90. The largest absolute Gasteiger partial charge is 0.501 e. The molecular formula is C8H9ClF2O3. The van der Waals surface area contributed by atoms with Gasteiger partial charge in [-0.3, -0.25) is 9.59 Å². The number of alkyl halides is 3. The number of halogens is 3. The average Bonchev–Trinajstić information content (AvgIpc) is 2.02. The van der Waals surface area contributed by atoms with Gasteiger partial charge in [0.25, 0.3) is 5.78 Å². The van der Waals surface area contributed by atoms with Crippen LogP contribution >= 0.6 is 11.6 Å². The first-order valence-electron chi connectivity index (χ1n) is 3.75. The Hall–Kier alpha value is -0.970. The van der Waals surface area contributed by atoms with Crippen LogP contribution in [0.3, 0.4) is 0 Å². The van der Waals surface area contributed by atoms with Crippen molar-refractivity contribution in [2.45, 2.75) is 19.2 Å². The summed E-state index contributed by atoms with van der Waals surface area (Å²) in [7, 11) is 0. The van der Waals surface area contributed by atoms with Crippen molar-refractivity contribution in [2.24, 2.45) is 0 Å². The Balaban J connectivity index is 4.86. The van der Waals surface area contributed by atoms with Crippen LogP contribution in [0.15, 0.2) is 11.8 Å². The zero-order valence-electron chi connectivity index (χ0n) is 7.64. The highest BCUT2D eigenvalue weighted by Gasteiger charge is 2.39. The maximum absolute atomic E-state index is 12.3. The molecule has 14 heavy (non-hydrogen) atoms. The van der Waals surface area contributed by atoms with Crippen LogP contribution in [0.5, 0.6) is 0 Å². The van der Waals surface area contributed by atoms with Gasteiger partial charge < -0.3 is 4.74 Å². The van der Waals surface area contributed by atoms with Gasteiger partial charge in [-0.05, 0) is 25.4 Å². The average molecular weight is 227 g/mol. The summed E-state index contributed by atoms with van der Waals surface area (Å²) >= 11 is 4.47. The van der Waals surface area contributed by atoms with E-state index < -0.39 is 22.5 Å². The molecule has 0 aromatic carbocycles. The van der Waals surface area contributed by atoms with Gasteiger partial charge in [0.15, 0.2) is 5.78 Å². The minimum atomic E-state index is -4.07. The molecular weight excluding hydrogens is 218 g/mol. The first-order chi connectivity index (χ1) is 6.30. The van der Waals surface area contributed by atoms with Gasteiger partial charge >= 0.3 is 5.38 Å². The van der Waals surface area contributed by atoms with Crippen LogP contribution in [0.1, 0.15) is 13.8 Å². The van der Waals surface area contributed by atoms with E-state index >= 15 is 0 Å². The third kappa shape index (κ3) is 3.83. The molecule has 0 heterocycles. The van der Waals surface area contributed by atoms with Gasteiger partial charge in [-0.15, -0.1) is 0 Å². The quantitative estimate of drug-likeness (QED) is 0.236. The Labute approximate surface area is 84.7 Å².